The van der Waals surface area contributed by atoms with Crippen LogP contribution in [-0.4, -0.2) is 54.8 Å². The molecule has 1 aromatic rings. The topological polar surface area (TPSA) is 113 Å². The number of urea groups is 1. The molecule has 2 aliphatic rings. The molecule has 2 N–H and O–H groups in total. The Kier molecular flexibility index (Phi) is 4.94. The van der Waals surface area contributed by atoms with Gasteiger partial charge in [0.15, 0.2) is 9.84 Å². The van der Waals surface area contributed by atoms with Crippen LogP contribution < -0.4 is 10.6 Å². The number of imide groups is 1. The second-order valence-electron chi connectivity index (χ2n) is 6.42. The average molecular weight is 400 g/mol. The highest BCUT2D eigenvalue weighted by Gasteiger charge is 2.53. The van der Waals surface area contributed by atoms with E-state index in [4.69, 9.17) is 11.6 Å². The lowest BCUT2D eigenvalue weighted by atomic mass is 9.92. The first-order valence-corrected chi connectivity index (χ1v) is 10.3. The van der Waals surface area contributed by atoms with E-state index in [2.05, 4.69) is 10.6 Å². The number of nitrogens with zero attached hydrogens (tertiary/aromatic N) is 1. The lowest BCUT2D eigenvalue weighted by Crippen LogP contribution is -2.52. The Bertz CT molecular complexity index is 856. The van der Waals surface area contributed by atoms with Gasteiger partial charge in [0.05, 0.1) is 11.5 Å². The van der Waals surface area contributed by atoms with Crippen LogP contribution in [0.2, 0.25) is 5.02 Å². The first-order valence-electron chi connectivity index (χ1n) is 8.07. The van der Waals surface area contributed by atoms with Crippen molar-refractivity contribution in [2.45, 2.75) is 24.9 Å². The average Bonchev–Trinajstić information content (AvgIpc) is 2.82. The Hall–Kier alpha value is -2.13. The number of rotatable bonds is 4. The van der Waals surface area contributed by atoms with Gasteiger partial charge in [0.25, 0.3) is 5.91 Å². The van der Waals surface area contributed by atoms with Crippen LogP contribution in [0.1, 0.15) is 18.4 Å². The van der Waals surface area contributed by atoms with Crippen LogP contribution in [0.4, 0.5) is 4.79 Å². The molecule has 2 aliphatic heterocycles. The fourth-order valence-corrected chi connectivity index (χ4v) is 4.81. The van der Waals surface area contributed by atoms with E-state index in [1.807, 2.05) is 0 Å². The van der Waals surface area contributed by atoms with E-state index >= 15 is 0 Å². The second kappa shape index (κ2) is 6.88. The first-order chi connectivity index (χ1) is 12.2. The van der Waals surface area contributed by atoms with E-state index in [-0.39, 0.29) is 30.9 Å². The highest BCUT2D eigenvalue weighted by molar-refractivity contribution is 7.91. The van der Waals surface area contributed by atoms with E-state index in [1.54, 1.807) is 24.3 Å². The van der Waals surface area contributed by atoms with Crippen molar-refractivity contribution in [3.05, 3.63) is 34.9 Å². The molecule has 0 saturated carbocycles. The van der Waals surface area contributed by atoms with Gasteiger partial charge in [0.2, 0.25) is 5.91 Å². The maximum absolute atomic E-state index is 12.6. The quantitative estimate of drug-likeness (QED) is 0.714. The van der Waals surface area contributed by atoms with Crippen molar-refractivity contribution >= 4 is 39.3 Å². The van der Waals surface area contributed by atoms with Crippen LogP contribution >= 0.6 is 11.6 Å². The maximum Gasteiger partial charge on any atom is 0.325 e. The minimum atomic E-state index is -3.18. The summed E-state index contributed by atoms with van der Waals surface area (Å²) in [6.07, 6.45) is 0.0509. The molecule has 4 amide bonds. The molecule has 8 nitrogen and oxygen atoms in total. The number of hydrogen-bond acceptors (Lipinski definition) is 5. The van der Waals surface area contributed by atoms with Gasteiger partial charge in [-0.2, -0.15) is 0 Å². The number of hydrogen-bond donors (Lipinski definition) is 2. The molecule has 0 aliphatic carbocycles. The molecular formula is C16H18ClN3O5S. The van der Waals surface area contributed by atoms with Gasteiger partial charge in [0.1, 0.15) is 12.1 Å². The zero-order chi connectivity index (χ0) is 18.9. The predicted octanol–water partition coefficient (Wildman–Crippen LogP) is 0.455. The number of sulfone groups is 1. The van der Waals surface area contributed by atoms with E-state index < -0.39 is 39.8 Å². The largest absolute Gasteiger partial charge is 0.350 e. The van der Waals surface area contributed by atoms with Gasteiger partial charge in [0, 0.05) is 11.6 Å². The molecule has 140 valence electrons. The van der Waals surface area contributed by atoms with Crippen LogP contribution in [0.15, 0.2) is 24.3 Å². The van der Waals surface area contributed by atoms with Crippen molar-refractivity contribution in [3.8, 4) is 0 Å². The van der Waals surface area contributed by atoms with E-state index in [1.165, 1.54) is 0 Å². The molecule has 1 aromatic carbocycles. The third-order valence-electron chi connectivity index (χ3n) is 4.66. The van der Waals surface area contributed by atoms with Crippen LogP contribution in [0.5, 0.6) is 0 Å². The Morgan fingerprint density at radius 3 is 2.54 bits per heavy atom. The van der Waals surface area contributed by atoms with E-state index in [9.17, 15) is 22.8 Å². The summed E-state index contributed by atoms with van der Waals surface area (Å²) in [5.74, 6) is -1.38. The van der Waals surface area contributed by atoms with Gasteiger partial charge >= 0.3 is 6.03 Å². The van der Waals surface area contributed by atoms with Crippen molar-refractivity contribution in [2.24, 2.45) is 0 Å². The van der Waals surface area contributed by atoms with Gasteiger partial charge < -0.3 is 10.6 Å². The Labute approximate surface area is 155 Å². The molecule has 2 fully saturated rings. The zero-order valence-corrected chi connectivity index (χ0v) is 15.4. The lowest BCUT2D eigenvalue weighted by Gasteiger charge is -2.30. The van der Waals surface area contributed by atoms with Crippen LogP contribution in [0.3, 0.4) is 0 Å². The summed E-state index contributed by atoms with van der Waals surface area (Å²) in [6.45, 7) is -0.255. The molecule has 3 rings (SSSR count). The highest BCUT2D eigenvalue weighted by Crippen LogP contribution is 2.30. The fourth-order valence-electron chi connectivity index (χ4n) is 3.08. The number of amides is 4. The normalized spacial score (nSPS) is 20.9. The van der Waals surface area contributed by atoms with Crippen LogP contribution in [0.25, 0.3) is 0 Å². The SMILES string of the molecule is O=C(CN1C(=O)NC2(CCS(=O)(=O)CC2)C1=O)NCc1ccccc1Cl. The predicted molar refractivity (Wildman–Crippen MR) is 94.2 cm³/mol. The molecule has 0 aromatic heterocycles. The van der Waals surface area contributed by atoms with Crippen molar-refractivity contribution in [2.75, 3.05) is 18.1 Å². The van der Waals surface area contributed by atoms with Gasteiger partial charge in [-0.3, -0.25) is 14.5 Å². The third-order valence-corrected chi connectivity index (χ3v) is 6.68. The number of carbonyl (C=O) groups is 3. The smallest absolute Gasteiger partial charge is 0.325 e. The molecule has 26 heavy (non-hydrogen) atoms. The van der Waals surface area contributed by atoms with Crippen LogP contribution in [-0.2, 0) is 26.0 Å². The Morgan fingerprint density at radius 1 is 1.23 bits per heavy atom. The molecule has 2 heterocycles. The summed E-state index contributed by atoms with van der Waals surface area (Å²) in [5.41, 5.74) is -0.500. The maximum atomic E-state index is 12.6. The molecule has 0 unspecified atom stereocenters. The number of halogens is 1. The molecule has 0 bridgehead atoms. The molecule has 10 heteroatoms. The summed E-state index contributed by atoms with van der Waals surface area (Å²) in [5, 5.41) is 5.69. The van der Waals surface area contributed by atoms with Gasteiger partial charge in [-0.05, 0) is 24.5 Å². The van der Waals surface area contributed by atoms with Crippen molar-refractivity contribution in [1.29, 1.82) is 0 Å². The third kappa shape index (κ3) is 3.68. The Balaban J connectivity index is 1.61. The number of carbonyl (C=O) groups excluding carboxylic acids is 3. The van der Waals surface area contributed by atoms with Gasteiger partial charge in [-0.1, -0.05) is 29.8 Å². The first kappa shape index (κ1) is 18.7. The lowest BCUT2D eigenvalue weighted by molar-refractivity contribution is -0.135. The summed E-state index contributed by atoms with van der Waals surface area (Å²) >= 11 is 6.02. The van der Waals surface area contributed by atoms with Crippen molar-refractivity contribution in [1.82, 2.24) is 15.5 Å². The van der Waals surface area contributed by atoms with Crippen molar-refractivity contribution < 1.29 is 22.8 Å². The number of benzene rings is 1. The highest BCUT2D eigenvalue weighted by atomic mass is 35.5. The standard InChI is InChI=1S/C16H18ClN3O5S/c17-12-4-2-1-3-11(12)9-18-13(21)10-20-14(22)16(19-15(20)23)5-7-26(24,25)8-6-16/h1-4H,5-10H2,(H,18,21)(H,19,23). The second-order valence-corrected chi connectivity index (χ2v) is 9.13. The summed E-state index contributed by atoms with van der Waals surface area (Å²) in [6, 6.07) is 6.33. The van der Waals surface area contributed by atoms with E-state index in [0.717, 1.165) is 4.90 Å². The zero-order valence-electron chi connectivity index (χ0n) is 13.8. The van der Waals surface area contributed by atoms with Gasteiger partial charge in [-0.25, -0.2) is 13.2 Å². The molecule has 0 atom stereocenters. The van der Waals surface area contributed by atoms with Gasteiger partial charge in [-0.15, -0.1) is 0 Å². The monoisotopic (exact) mass is 399 g/mol. The molecule has 0 radical (unpaired) electrons. The minimum Gasteiger partial charge on any atom is -0.350 e. The summed E-state index contributed by atoms with van der Waals surface area (Å²) in [7, 11) is -3.18. The molecule has 2 saturated heterocycles. The summed E-state index contributed by atoms with van der Waals surface area (Å²) < 4.78 is 23.1. The molecular weight excluding hydrogens is 382 g/mol. The molecule has 1 spiro atoms. The van der Waals surface area contributed by atoms with Crippen molar-refractivity contribution in [3.63, 3.8) is 0 Å². The summed E-state index contributed by atoms with van der Waals surface area (Å²) in [4.78, 5) is 37.7. The van der Waals surface area contributed by atoms with Crippen LogP contribution in [0, 0.1) is 0 Å². The minimum absolute atomic E-state index is 0.0254. The van der Waals surface area contributed by atoms with E-state index in [0.29, 0.717) is 10.6 Å². The Morgan fingerprint density at radius 2 is 1.88 bits per heavy atom. The number of nitrogens with one attached hydrogen (secondary N) is 2. The fraction of sp³-hybridized carbons (Fsp3) is 0.438.